The number of ether oxygens (including phenoxy) is 2. The largest absolute Gasteiger partial charge is 0.378 e. The van der Waals surface area contributed by atoms with Gasteiger partial charge in [-0.3, -0.25) is 38.6 Å². The number of hydrogen-bond donors (Lipinski definition) is 0. The molecular weight excluding hydrogens is 616 g/mol. The van der Waals surface area contributed by atoms with Crippen LogP contribution in [-0.4, -0.2) is 120 Å². The highest BCUT2D eigenvalue weighted by Crippen LogP contribution is 2.29. The first-order valence-corrected chi connectivity index (χ1v) is 16.7. The molecule has 3 aliphatic heterocycles. The minimum absolute atomic E-state index is 0.0339. The molecule has 0 spiro atoms. The fraction of sp³-hybridized carbons (Fsp3) is 0.500. The van der Waals surface area contributed by atoms with Crippen molar-refractivity contribution >= 4 is 35.4 Å². The van der Waals surface area contributed by atoms with E-state index < -0.39 is 35.7 Å². The summed E-state index contributed by atoms with van der Waals surface area (Å²) in [4.78, 5) is 86.6. The molecule has 1 fully saturated rings. The Labute approximate surface area is 280 Å². The summed E-state index contributed by atoms with van der Waals surface area (Å²) in [6.07, 6.45) is 0.620. The van der Waals surface area contributed by atoms with Gasteiger partial charge in [-0.05, 0) is 48.9 Å². The van der Waals surface area contributed by atoms with E-state index >= 15 is 0 Å². The number of carbonyl (C=O) groups is 6. The summed E-state index contributed by atoms with van der Waals surface area (Å²) in [5, 5.41) is 0. The molecule has 0 aliphatic carbocycles. The normalized spacial score (nSPS) is 19.0. The third-order valence-electron chi connectivity index (χ3n) is 8.88. The lowest BCUT2D eigenvalue weighted by Gasteiger charge is -2.34. The molecule has 2 aromatic carbocycles. The lowest BCUT2D eigenvalue weighted by Crippen LogP contribution is -2.53. The lowest BCUT2D eigenvalue weighted by molar-refractivity contribution is -0.139. The highest BCUT2D eigenvalue weighted by atomic mass is 16.5. The van der Waals surface area contributed by atoms with Crippen LogP contribution in [-0.2, 0) is 19.1 Å². The predicted molar refractivity (Wildman–Crippen MR) is 175 cm³/mol. The molecule has 2 aromatic rings. The number of fused-ring (bicyclic) bond motifs is 2. The summed E-state index contributed by atoms with van der Waals surface area (Å²) < 4.78 is 11.8. The summed E-state index contributed by atoms with van der Waals surface area (Å²) in [5.41, 5.74) is 1.17. The van der Waals surface area contributed by atoms with Crippen molar-refractivity contribution in [2.45, 2.75) is 52.6 Å². The van der Waals surface area contributed by atoms with E-state index in [0.29, 0.717) is 35.1 Å². The molecule has 3 aliphatic rings. The smallest absolute Gasteiger partial charge is 0.262 e. The van der Waals surface area contributed by atoms with Crippen molar-refractivity contribution in [1.29, 1.82) is 0 Å². The zero-order valence-corrected chi connectivity index (χ0v) is 28.1. The molecule has 12 heteroatoms. The van der Waals surface area contributed by atoms with Gasteiger partial charge in [-0.1, -0.05) is 52.0 Å². The van der Waals surface area contributed by atoms with Crippen molar-refractivity contribution in [3.05, 3.63) is 70.8 Å². The van der Waals surface area contributed by atoms with E-state index in [2.05, 4.69) is 0 Å². The standard InChI is InChI=1S/C36H44N4O8/c1-23(2)21-29(39-31(41)25-9-5-6-10-26(25)32(39)42)35(45)37-13-17-47-19-15-38(16-20-48-18-14-37)36(46)30(22-24(3)4)40-33(43)27-11-7-8-12-28(27)34(40)44/h5-12,23-24,29-30H,13-22H2,1-4H3/t29-,30-/m0/s1. The third-order valence-corrected chi connectivity index (χ3v) is 8.88. The molecule has 0 saturated carbocycles. The van der Waals surface area contributed by atoms with Crippen LogP contribution in [0.3, 0.4) is 0 Å². The van der Waals surface area contributed by atoms with E-state index in [-0.39, 0.29) is 76.3 Å². The summed E-state index contributed by atoms with van der Waals surface area (Å²) in [6.45, 7) is 9.13. The number of benzene rings is 2. The van der Waals surface area contributed by atoms with Gasteiger partial charge in [0.2, 0.25) is 11.8 Å². The van der Waals surface area contributed by atoms with Crippen LogP contribution in [0.15, 0.2) is 48.5 Å². The SMILES string of the molecule is CC(C)C[C@@H](C(=O)N1CCOCCN(C(=O)[C@H](CC(C)C)N2C(=O)c3ccccc3C2=O)CCOCC1)N1C(=O)c2ccccc2C1=O. The van der Waals surface area contributed by atoms with Crippen molar-refractivity contribution < 1.29 is 38.2 Å². The van der Waals surface area contributed by atoms with Gasteiger partial charge < -0.3 is 19.3 Å². The monoisotopic (exact) mass is 660 g/mol. The van der Waals surface area contributed by atoms with Crippen LogP contribution in [0.4, 0.5) is 0 Å². The molecule has 0 radical (unpaired) electrons. The Hall–Kier alpha value is -4.42. The van der Waals surface area contributed by atoms with E-state index in [1.807, 2.05) is 27.7 Å². The first kappa shape index (κ1) is 34.9. The minimum Gasteiger partial charge on any atom is -0.378 e. The van der Waals surface area contributed by atoms with Crippen LogP contribution >= 0.6 is 0 Å². The second-order valence-corrected chi connectivity index (χ2v) is 13.2. The lowest BCUT2D eigenvalue weighted by atomic mass is 10.0. The van der Waals surface area contributed by atoms with Crippen LogP contribution < -0.4 is 0 Å². The number of amides is 6. The number of nitrogens with zero attached hydrogens (tertiary/aromatic N) is 4. The highest BCUT2D eigenvalue weighted by Gasteiger charge is 2.45. The second-order valence-electron chi connectivity index (χ2n) is 13.2. The molecule has 5 rings (SSSR count). The van der Waals surface area contributed by atoms with Gasteiger partial charge in [-0.2, -0.15) is 0 Å². The van der Waals surface area contributed by atoms with E-state index in [1.165, 1.54) is 0 Å². The Balaban J connectivity index is 1.25. The topological polar surface area (TPSA) is 134 Å². The highest BCUT2D eigenvalue weighted by molar-refractivity contribution is 6.23. The molecule has 6 amide bonds. The summed E-state index contributed by atoms with van der Waals surface area (Å²) >= 11 is 0. The molecule has 0 aromatic heterocycles. The van der Waals surface area contributed by atoms with Crippen LogP contribution in [0.1, 0.15) is 82.0 Å². The van der Waals surface area contributed by atoms with Crippen molar-refractivity contribution in [2.24, 2.45) is 11.8 Å². The summed E-state index contributed by atoms with van der Waals surface area (Å²) in [7, 11) is 0. The van der Waals surface area contributed by atoms with Crippen molar-refractivity contribution in [2.75, 3.05) is 52.6 Å². The van der Waals surface area contributed by atoms with Gasteiger partial charge in [0, 0.05) is 26.2 Å². The number of rotatable bonds is 8. The zero-order valence-electron chi connectivity index (χ0n) is 28.1. The predicted octanol–water partition coefficient (Wildman–Crippen LogP) is 3.11. The van der Waals surface area contributed by atoms with Crippen LogP contribution in [0.2, 0.25) is 0 Å². The summed E-state index contributed by atoms with van der Waals surface area (Å²) in [6, 6.07) is 11.2. The van der Waals surface area contributed by atoms with E-state index in [4.69, 9.17) is 9.47 Å². The van der Waals surface area contributed by atoms with Gasteiger partial charge in [-0.25, -0.2) is 0 Å². The van der Waals surface area contributed by atoms with Gasteiger partial charge in [0.15, 0.2) is 0 Å². The van der Waals surface area contributed by atoms with Gasteiger partial charge in [0.1, 0.15) is 12.1 Å². The van der Waals surface area contributed by atoms with E-state index in [1.54, 1.807) is 58.3 Å². The first-order valence-electron chi connectivity index (χ1n) is 16.7. The Kier molecular flexibility index (Phi) is 11.1. The molecule has 256 valence electrons. The van der Waals surface area contributed by atoms with Crippen LogP contribution in [0, 0.1) is 11.8 Å². The molecule has 0 unspecified atom stereocenters. The van der Waals surface area contributed by atoms with Crippen LogP contribution in [0.25, 0.3) is 0 Å². The molecule has 12 nitrogen and oxygen atoms in total. The fourth-order valence-electron chi connectivity index (χ4n) is 6.50. The fourth-order valence-corrected chi connectivity index (χ4v) is 6.50. The van der Waals surface area contributed by atoms with E-state index in [9.17, 15) is 28.8 Å². The van der Waals surface area contributed by atoms with Crippen LogP contribution in [0.5, 0.6) is 0 Å². The molecule has 0 N–H and O–H groups in total. The Bertz CT molecular complexity index is 1370. The van der Waals surface area contributed by atoms with Crippen molar-refractivity contribution in [3.63, 3.8) is 0 Å². The maximum absolute atomic E-state index is 14.0. The Morgan fingerprint density at radius 1 is 0.542 bits per heavy atom. The molecule has 0 bridgehead atoms. The first-order chi connectivity index (χ1) is 23.0. The van der Waals surface area contributed by atoms with Gasteiger partial charge in [0.25, 0.3) is 23.6 Å². The number of imide groups is 2. The van der Waals surface area contributed by atoms with Gasteiger partial charge in [-0.15, -0.1) is 0 Å². The Morgan fingerprint density at radius 3 is 1.06 bits per heavy atom. The number of carbonyl (C=O) groups excluding carboxylic acids is 6. The average Bonchev–Trinajstić information content (AvgIpc) is 3.46. The second kappa shape index (κ2) is 15.2. The quantitative estimate of drug-likeness (QED) is 0.395. The van der Waals surface area contributed by atoms with E-state index in [0.717, 1.165) is 9.80 Å². The molecule has 2 atom stereocenters. The van der Waals surface area contributed by atoms with Crippen molar-refractivity contribution in [1.82, 2.24) is 19.6 Å². The molecule has 48 heavy (non-hydrogen) atoms. The average molecular weight is 661 g/mol. The number of hydrogen-bond acceptors (Lipinski definition) is 8. The molecule has 1 saturated heterocycles. The minimum atomic E-state index is -0.974. The van der Waals surface area contributed by atoms with Gasteiger partial charge >= 0.3 is 0 Å². The Morgan fingerprint density at radius 2 is 0.812 bits per heavy atom. The van der Waals surface area contributed by atoms with Gasteiger partial charge in [0.05, 0.1) is 48.7 Å². The molecule has 3 heterocycles. The maximum Gasteiger partial charge on any atom is 0.262 e. The zero-order chi connectivity index (χ0) is 34.5. The third kappa shape index (κ3) is 7.19. The maximum atomic E-state index is 14.0. The molecular formula is C36H44N4O8. The summed E-state index contributed by atoms with van der Waals surface area (Å²) in [5.74, 6) is -2.53. The van der Waals surface area contributed by atoms with Crippen molar-refractivity contribution in [3.8, 4) is 0 Å².